The summed E-state index contributed by atoms with van der Waals surface area (Å²) in [5.41, 5.74) is 0.210. The maximum Gasteiger partial charge on any atom is 0.416 e. The molecule has 1 aliphatic rings. The highest BCUT2D eigenvalue weighted by molar-refractivity contribution is 6.28. The van der Waals surface area contributed by atoms with E-state index in [1.807, 2.05) is 0 Å². The van der Waals surface area contributed by atoms with E-state index in [1.165, 1.54) is 31.5 Å². The van der Waals surface area contributed by atoms with Crippen LogP contribution in [0.5, 0.6) is 0 Å². The Labute approximate surface area is 174 Å². The van der Waals surface area contributed by atoms with Crippen molar-refractivity contribution in [1.29, 1.82) is 0 Å². The number of halogens is 3. The van der Waals surface area contributed by atoms with Crippen LogP contribution in [0, 0.1) is 5.92 Å². The van der Waals surface area contributed by atoms with E-state index >= 15 is 0 Å². The van der Waals surface area contributed by atoms with Gasteiger partial charge in [0.15, 0.2) is 5.92 Å². The second kappa shape index (κ2) is 7.71. The van der Waals surface area contributed by atoms with Crippen LogP contribution in [0.25, 0.3) is 11.5 Å². The number of benzene rings is 2. The molecule has 2 heterocycles. The first-order valence-electron chi connectivity index (χ1n) is 9.11. The van der Waals surface area contributed by atoms with Gasteiger partial charge in [-0.15, -0.1) is 0 Å². The number of carbonyl (C=O) groups is 2. The maximum atomic E-state index is 13.0. The van der Waals surface area contributed by atoms with Gasteiger partial charge in [0.25, 0.3) is 5.91 Å². The van der Waals surface area contributed by atoms with Crippen molar-refractivity contribution in [1.82, 2.24) is 4.98 Å². The van der Waals surface area contributed by atoms with Crippen molar-refractivity contribution in [3.8, 4) is 11.5 Å². The molecule has 3 aromatic rings. The quantitative estimate of drug-likeness (QED) is 0.627. The summed E-state index contributed by atoms with van der Waals surface area (Å²) in [6, 6.07) is 10.9. The predicted octanol–water partition coefficient (Wildman–Crippen LogP) is 4.34. The summed E-state index contributed by atoms with van der Waals surface area (Å²) in [5, 5.41) is 7.47. The number of aromatic nitrogens is 1. The normalized spacial score (nSPS) is 16.4. The van der Waals surface area contributed by atoms with Crippen molar-refractivity contribution in [2.75, 3.05) is 10.3 Å². The Hall–Kier alpha value is -3.95. The summed E-state index contributed by atoms with van der Waals surface area (Å²) in [4.78, 5) is 29.6. The minimum atomic E-state index is -4.57. The lowest BCUT2D eigenvalue weighted by molar-refractivity contribution is -0.137. The Morgan fingerprint density at radius 2 is 1.94 bits per heavy atom. The van der Waals surface area contributed by atoms with Crippen molar-refractivity contribution in [2.45, 2.75) is 13.1 Å². The van der Waals surface area contributed by atoms with Gasteiger partial charge in [0.1, 0.15) is 6.26 Å². The first kappa shape index (κ1) is 20.3. The van der Waals surface area contributed by atoms with Gasteiger partial charge in [-0.1, -0.05) is 12.1 Å². The Balaban J connectivity index is 1.54. The van der Waals surface area contributed by atoms with E-state index in [9.17, 15) is 22.8 Å². The van der Waals surface area contributed by atoms with E-state index in [1.54, 1.807) is 24.3 Å². The highest BCUT2D eigenvalue weighted by Crippen LogP contribution is 2.33. The van der Waals surface area contributed by atoms with Gasteiger partial charge < -0.3 is 9.73 Å². The standard InChI is InChI=1S/C21H15F3N4O3/c1-12-17(18(29)26-15-6-2-4-13(10-15)19-25-8-9-31-19)20(30)28(27-12)16-7-3-5-14(11-16)21(22,23)24/h2-11,17H,1H3,(H,26,29). The highest BCUT2D eigenvalue weighted by atomic mass is 19.4. The number of anilines is 2. The zero-order chi connectivity index (χ0) is 22.2. The fraction of sp³-hybridized carbons (Fsp3) is 0.143. The lowest BCUT2D eigenvalue weighted by Crippen LogP contribution is -2.36. The lowest BCUT2D eigenvalue weighted by atomic mass is 10.0. The summed E-state index contributed by atoms with van der Waals surface area (Å²) >= 11 is 0. The number of alkyl halides is 3. The molecular weight excluding hydrogens is 413 g/mol. The van der Waals surface area contributed by atoms with E-state index in [-0.39, 0.29) is 11.4 Å². The fourth-order valence-electron chi connectivity index (χ4n) is 3.18. The van der Waals surface area contributed by atoms with E-state index in [0.29, 0.717) is 17.1 Å². The molecule has 1 N–H and O–H groups in total. The maximum absolute atomic E-state index is 13.0. The minimum Gasteiger partial charge on any atom is -0.445 e. The summed E-state index contributed by atoms with van der Waals surface area (Å²) < 4.78 is 44.2. The van der Waals surface area contributed by atoms with Gasteiger partial charge in [-0.25, -0.2) is 4.98 Å². The number of oxazole rings is 1. The Kier molecular flexibility index (Phi) is 5.05. The number of amides is 2. The molecule has 0 bridgehead atoms. The Morgan fingerprint density at radius 3 is 2.65 bits per heavy atom. The van der Waals surface area contributed by atoms with Crippen LogP contribution in [0.1, 0.15) is 12.5 Å². The predicted molar refractivity (Wildman–Crippen MR) is 106 cm³/mol. The number of rotatable bonds is 4. The molecule has 7 nitrogen and oxygen atoms in total. The van der Waals surface area contributed by atoms with Crippen LogP contribution in [0.15, 0.2) is 70.5 Å². The molecule has 0 aliphatic carbocycles. The molecule has 0 saturated carbocycles. The van der Waals surface area contributed by atoms with Crippen LogP contribution < -0.4 is 10.3 Å². The molecule has 158 valence electrons. The van der Waals surface area contributed by atoms with Crippen LogP contribution in [-0.4, -0.2) is 22.5 Å². The molecule has 31 heavy (non-hydrogen) atoms. The molecule has 1 atom stereocenters. The second-order valence-corrected chi connectivity index (χ2v) is 6.78. The SMILES string of the molecule is CC1=NN(c2cccc(C(F)(F)F)c2)C(=O)C1C(=O)Nc1cccc(-c2ncco2)c1. The number of nitrogens with zero attached hydrogens (tertiary/aromatic N) is 3. The molecule has 4 rings (SSSR count). The molecule has 2 amide bonds. The first-order chi connectivity index (χ1) is 14.7. The average molecular weight is 428 g/mol. The summed E-state index contributed by atoms with van der Waals surface area (Å²) in [5.74, 6) is -2.29. The van der Waals surface area contributed by atoms with Crippen LogP contribution in [0.3, 0.4) is 0 Å². The van der Waals surface area contributed by atoms with Crippen molar-refractivity contribution in [3.63, 3.8) is 0 Å². The Bertz CT molecular complexity index is 1170. The molecule has 10 heteroatoms. The zero-order valence-electron chi connectivity index (χ0n) is 16.1. The fourth-order valence-corrected chi connectivity index (χ4v) is 3.18. The van der Waals surface area contributed by atoms with Crippen LogP contribution in [-0.2, 0) is 15.8 Å². The van der Waals surface area contributed by atoms with Crippen molar-refractivity contribution < 1.29 is 27.2 Å². The average Bonchev–Trinajstić information content (AvgIpc) is 3.36. The van der Waals surface area contributed by atoms with Gasteiger partial charge in [0, 0.05) is 11.3 Å². The van der Waals surface area contributed by atoms with E-state index < -0.39 is 29.5 Å². The van der Waals surface area contributed by atoms with Crippen LogP contribution >= 0.6 is 0 Å². The summed E-state index contributed by atoms with van der Waals surface area (Å²) in [7, 11) is 0. The molecule has 1 unspecified atom stereocenters. The third-order valence-electron chi connectivity index (χ3n) is 4.62. The molecule has 1 aromatic heterocycles. The molecular formula is C21H15F3N4O3. The highest BCUT2D eigenvalue weighted by Gasteiger charge is 2.40. The Morgan fingerprint density at radius 1 is 1.16 bits per heavy atom. The van der Waals surface area contributed by atoms with Crippen molar-refractivity contribution >= 4 is 28.9 Å². The zero-order valence-corrected chi connectivity index (χ0v) is 16.1. The summed E-state index contributed by atoms with van der Waals surface area (Å²) in [6.07, 6.45) is -1.66. The molecule has 2 aromatic carbocycles. The third-order valence-corrected chi connectivity index (χ3v) is 4.62. The number of hydrazone groups is 1. The van der Waals surface area contributed by atoms with Crippen molar-refractivity contribution in [2.24, 2.45) is 11.0 Å². The lowest BCUT2D eigenvalue weighted by Gasteiger charge is -2.16. The van der Waals surface area contributed by atoms with Crippen molar-refractivity contribution in [3.05, 3.63) is 66.6 Å². The second-order valence-electron chi connectivity index (χ2n) is 6.78. The van der Waals surface area contributed by atoms with Crippen LogP contribution in [0.4, 0.5) is 24.5 Å². The van der Waals surface area contributed by atoms with E-state index in [4.69, 9.17) is 4.42 Å². The molecule has 1 aliphatic heterocycles. The molecule has 0 saturated heterocycles. The molecule has 0 spiro atoms. The largest absolute Gasteiger partial charge is 0.445 e. The number of hydrogen-bond acceptors (Lipinski definition) is 5. The first-order valence-corrected chi connectivity index (χ1v) is 9.11. The van der Waals surface area contributed by atoms with Gasteiger partial charge in [0.05, 0.1) is 23.2 Å². The number of carbonyl (C=O) groups excluding carboxylic acids is 2. The van der Waals surface area contributed by atoms with Gasteiger partial charge >= 0.3 is 6.18 Å². The number of nitrogens with one attached hydrogen (secondary N) is 1. The van der Waals surface area contributed by atoms with E-state index in [0.717, 1.165) is 17.1 Å². The van der Waals surface area contributed by atoms with Crippen LogP contribution in [0.2, 0.25) is 0 Å². The van der Waals surface area contributed by atoms with Gasteiger partial charge in [0.2, 0.25) is 11.8 Å². The molecule has 0 fully saturated rings. The van der Waals surface area contributed by atoms with Gasteiger partial charge in [-0.3, -0.25) is 9.59 Å². The summed E-state index contributed by atoms with van der Waals surface area (Å²) in [6.45, 7) is 1.47. The minimum absolute atomic E-state index is 0.0691. The smallest absolute Gasteiger partial charge is 0.416 e. The third kappa shape index (κ3) is 4.04. The van der Waals surface area contributed by atoms with Gasteiger partial charge in [-0.05, 0) is 43.3 Å². The number of hydrogen-bond donors (Lipinski definition) is 1. The topological polar surface area (TPSA) is 87.8 Å². The van der Waals surface area contributed by atoms with E-state index in [2.05, 4.69) is 15.4 Å². The van der Waals surface area contributed by atoms with Gasteiger partial charge in [-0.2, -0.15) is 23.3 Å². The molecule has 0 radical (unpaired) electrons. The monoisotopic (exact) mass is 428 g/mol.